The molecule has 9 heteroatoms. The molecule has 4 aromatic rings. The molecule has 0 unspecified atom stereocenters. The Morgan fingerprint density at radius 3 is 2.51 bits per heavy atom. The molecule has 0 fully saturated rings. The standard InChI is InChI=1S/C32H25BrN2O5S/c1-4-16-40-29-22(17-23(33)19-24(29)38-3)18-25-30(36)35-28(21-14-10-7-11-15-21)26(31(37)39-5-2)27(34-32(35)41-25)20-12-8-6-9-13-20/h1,6-15,17-19,28H,5,16H2,2-3H3/b25-18-/t28-/m0/s1. The summed E-state index contributed by atoms with van der Waals surface area (Å²) in [6.07, 6.45) is 7.16. The number of nitrogens with zero attached hydrogens (tertiary/aromatic N) is 2. The average molecular weight is 630 g/mol. The van der Waals surface area contributed by atoms with Crippen LogP contribution in [0.15, 0.2) is 92.6 Å². The van der Waals surface area contributed by atoms with E-state index in [1.165, 1.54) is 18.4 Å². The smallest absolute Gasteiger partial charge is 0.338 e. The Balaban J connectivity index is 1.82. The number of halogens is 1. The van der Waals surface area contributed by atoms with Crippen molar-refractivity contribution in [2.45, 2.75) is 13.0 Å². The van der Waals surface area contributed by atoms with Gasteiger partial charge in [0.15, 0.2) is 16.3 Å². The summed E-state index contributed by atoms with van der Waals surface area (Å²) in [5.74, 6) is 2.81. The second-order valence-electron chi connectivity index (χ2n) is 8.86. The van der Waals surface area contributed by atoms with Crippen LogP contribution in [0.3, 0.4) is 0 Å². The van der Waals surface area contributed by atoms with E-state index in [1.807, 2.05) is 66.7 Å². The van der Waals surface area contributed by atoms with Gasteiger partial charge >= 0.3 is 5.97 Å². The Morgan fingerprint density at radius 2 is 1.85 bits per heavy atom. The zero-order chi connectivity index (χ0) is 28.9. The molecule has 1 aliphatic rings. The lowest BCUT2D eigenvalue weighted by Crippen LogP contribution is -2.40. The third kappa shape index (κ3) is 5.62. The number of esters is 1. The minimum atomic E-state index is -0.752. The van der Waals surface area contributed by atoms with E-state index in [9.17, 15) is 9.59 Å². The number of methoxy groups -OCH3 is 1. The quantitative estimate of drug-likeness (QED) is 0.208. The molecule has 0 saturated heterocycles. The molecule has 0 amide bonds. The van der Waals surface area contributed by atoms with E-state index in [2.05, 4.69) is 21.9 Å². The highest BCUT2D eigenvalue weighted by Crippen LogP contribution is 2.36. The lowest BCUT2D eigenvalue weighted by molar-refractivity contribution is -0.138. The molecule has 0 aliphatic carbocycles. The van der Waals surface area contributed by atoms with Crippen LogP contribution in [-0.2, 0) is 9.53 Å². The van der Waals surface area contributed by atoms with Crippen molar-refractivity contribution in [2.75, 3.05) is 20.3 Å². The van der Waals surface area contributed by atoms with Gasteiger partial charge in [0.1, 0.15) is 6.61 Å². The van der Waals surface area contributed by atoms with Gasteiger partial charge in [0, 0.05) is 15.6 Å². The largest absolute Gasteiger partial charge is 0.493 e. The molecular formula is C32H25BrN2O5S. The summed E-state index contributed by atoms with van der Waals surface area (Å²) < 4.78 is 19.5. The van der Waals surface area contributed by atoms with Crippen LogP contribution < -0.4 is 24.4 Å². The van der Waals surface area contributed by atoms with Crippen molar-refractivity contribution in [3.63, 3.8) is 0 Å². The predicted molar refractivity (Wildman–Crippen MR) is 163 cm³/mol. The van der Waals surface area contributed by atoms with Crippen molar-refractivity contribution < 1.29 is 19.0 Å². The molecule has 5 rings (SSSR count). The van der Waals surface area contributed by atoms with Crippen molar-refractivity contribution in [1.29, 1.82) is 0 Å². The molecule has 0 spiro atoms. The highest BCUT2D eigenvalue weighted by atomic mass is 79.9. The maximum absolute atomic E-state index is 14.1. The molecular weight excluding hydrogens is 604 g/mol. The molecule has 0 saturated carbocycles. The number of carbonyl (C=O) groups excluding carboxylic acids is 1. The van der Waals surface area contributed by atoms with Crippen LogP contribution in [0.25, 0.3) is 11.8 Å². The van der Waals surface area contributed by atoms with Crippen LogP contribution in [0, 0.1) is 12.3 Å². The Hall–Kier alpha value is -4.39. The van der Waals surface area contributed by atoms with Crippen LogP contribution >= 0.6 is 27.3 Å². The van der Waals surface area contributed by atoms with E-state index in [0.29, 0.717) is 37.7 Å². The molecule has 1 aliphatic heterocycles. The molecule has 206 valence electrons. The number of benzene rings is 3. The van der Waals surface area contributed by atoms with Crippen LogP contribution in [0.5, 0.6) is 11.5 Å². The SMILES string of the molecule is C#CCOc1c(/C=c2\sc3n(c2=O)[C@@H](c2ccccc2)C(C(=O)OCC)=C(c2ccccc2)N=3)cc(Br)cc1OC. The van der Waals surface area contributed by atoms with Gasteiger partial charge < -0.3 is 14.2 Å². The molecule has 3 aromatic carbocycles. The summed E-state index contributed by atoms with van der Waals surface area (Å²) in [6, 6.07) is 21.7. The molecule has 41 heavy (non-hydrogen) atoms. The van der Waals surface area contributed by atoms with E-state index in [0.717, 1.165) is 15.6 Å². The highest BCUT2D eigenvalue weighted by Gasteiger charge is 2.35. The number of hydrogen-bond donors (Lipinski definition) is 0. The Bertz CT molecular complexity index is 1850. The second kappa shape index (κ2) is 12.4. The summed E-state index contributed by atoms with van der Waals surface area (Å²) in [6.45, 7) is 1.96. The summed E-state index contributed by atoms with van der Waals surface area (Å²) in [5, 5.41) is 0. The molecule has 0 bridgehead atoms. The van der Waals surface area contributed by atoms with Crippen molar-refractivity contribution in [3.8, 4) is 23.8 Å². The first-order chi connectivity index (χ1) is 20.0. The fourth-order valence-electron chi connectivity index (χ4n) is 4.65. The van der Waals surface area contributed by atoms with Crippen molar-refractivity contribution in [3.05, 3.63) is 119 Å². The van der Waals surface area contributed by atoms with E-state index < -0.39 is 12.0 Å². The number of terminal acetylenes is 1. The number of hydrogen-bond acceptors (Lipinski definition) is 7. The van der Waals surface area contributed by atoms with E-state index in [1.54, 1.807) is 23.6 Å². The zero-order valence-corrected chi connectivity index (χ0v) is 24.7. The van der Waals surface area contributed by atoms with Gasteiger partial charge in [-0.25, -0.2) is 9.79 Å². The summed E-state index contributed by atoms with van der Waals surface area (Å²) in [5.41, 5.74) is 2.56. The van der Waals surface area contributed by atoms with Crippen molar-refractivity contribution >= 4 is 45.0 Å². The Morgan fingerprint density at radius 1 is 1.15 bits per heavy atom. The van der Waals surface area contributed by atoms with Gasteiger partial charge in [-0.1, -0.05) is 93.9 Å². The predicted octanol–water partition coefficient (Wildman–Crippen LogP) is 4.72. The number of ether oxygens (including phenoxy) is 3. The fraction of sp³-hybridized carbons (Fsp3) is 0.156. The maximum Gasteiger partial charge on any atom is 0.338 e. The van der Waals surface area contributed by atoms with Crippen LogP contribution in [0.4, 0.5) is 0 Å². The number of thiazole rings is 1. The monoisotopic (exact) mass is 628 g/mol. The van der Waals surface area contributed by atoms with Gasteiger partial charge in [-0.3, -0.25) is 9.36 Å². The van der Waals surface area contributed by atoms with Gasteiger partial charge in [-0.2, -0.15) is 0 Å². The van der Waals surface area contributed by atoms with E-state index in [-0.39, 0.29) is 18.8 Å². The van der Waals surface area contributed by atoms with Crippen LogP contribution in [0.1, 0.15) is 29.7 Å². The number of rotatable bonds is 8. The minimum Gasteiger partial charge on any atom is -0.493 e. The zero-order valence-electron chi connectivity index (χ0n) is 22.3. The summed E-state index contributed by atoms with van der Waals surface area (Å²) in [4.78, 5) is 33.0. The van der Waals surface area contributed by atoms with Crippen molar-refractivity contribution in [2.24, 2.45) is 4.99 Å². The lowest BCUT2D eigenvalue weighted by atomic mass is 9.93. The summed E-state index contributed by atoms with van der Waals surface area (Å²) in [7, 11) is 1.53. The number of fused-ring (bicyclic) bond motifs is 1. The molecule has 2 heterocycles. The maximum atomic E-state index is 14.1. The molecule has 0 N–H and O–H groups in total. The third-order valence-corrected chi connectivity index (χ3v) is 7.78. The third-order valence-electron chi connectivity index (χ3n) is 6.34. The topological polar surface area (TPSA) is 79.1 Å². The first-order valence-electron chi connectivity index (χ1n) is 12.7. The van der Waals surface area contributed by atoms with Gasteiger partial charge in [-0.05, 0) is 30.7 Å². The van der Waals surface area contributed by atoms with Crippen molar-refractivity contribution in [1.82, 2.24) is 4.57 Å². The molecule has 0 radical (unpaired) electrons. The molecule has 1 atom stereocenters. The summed E-state index contributed by atoms with van der Waals surface area (Å²) >= 11 is 4.73. The number of aromatic nitrogens is 1. The van der Waals surface area contributed by atoms with E-state index >= 15 is 0 Å². The number of carbonyl (C=O) groups is 1. The van der Waals surface area contributed by atoms with E-state index in [4.69, 9.17) is 25.6 Å². The van der Waals surface area contributed by atoms with Gasteiger partial charge in [-0.15, -0.1) is 6.42 Å². The second-order valence-corrected chi connectivity index (χ2v) is 10.8. The fourth-order valence-corrected chi connectivity index (χ4v) is 6.09. The van der Waals surface area contributed by atoms with Gasteiger partial charge in [0.05, 0.1) is 35.6 Å². The van der Waals surface area contributed by atoms with Crippen LogP contribution in [-0.4, -0.2) is 30.9 Å². The lowest BCUT2D eigenvalue weighted by Gasteiger charge is -2.25. The van der Waals surface area contributed by atoms with Gasteiger partial charge in [0.25, 0.3) is 5.56 Å². The minimum absolute atomic E-state index is 0.0252. The normalized spacial score (nSPS) is 14.6. The molecule has 1 aromatic heterocycles. The molecule has 7 nitrogen and oxygen atoms in total. The Labute approximate surface area is 249 Å². The highest BCUT2D eigenvalue weighted by molar-refractivity contribution is 9.10. The van der Waals surface area contributed by atoms with Gasteiger partial charge in [0.2, 0.25) is 0 Å². The Kier molecular flexibility index (Phi) is 8.53. The first kappa shape index (κ1) is 28.1. The average Bonchev–Trinajstić information content (AvgIpc) is 3.30. The van der Waals surface area contributed by atoms with Crippen LogP contribution in [0.2, 0.25) is 0 Å². The first-order valence-corrected chi connectivity index (χ1v) is 14.3.